The molecule has 1 fully saturated rings. The highest BCUT2D eigenvalue weighted by Crippen LogP contribution is 2.37. The summed E-state index contributed by atoms with van der Waals surface area (Å²) in [7, 11) is 0. The molecular weight excluding hydrogens is 524 g/mol. The van der Waals surface area contributed by atoms with E-state index in [1.807, 2.05) is 6.92 Å². The van der Waals surface area contributed by atoms with Crippen molar-refractivity contribution in [2.24, 2.45) is 0 Å². The van der Waals surface area contributed by atoms with Gasteiger partial charge in [0.25, 0.3) is 5.56 Å². The number of carbonyl (C=O) groups is 1. The number of benzene rings is 1. The molecular formula is C27H25F2N7O4. The van der Waals surface area contributed by atoms with Gasteiger partial charge in [-0.25, -0.2) is 28.1 Å². The Kier molecular flexibility index (Phi) is 6.65. The first-order valence-corrected chi connectivity index (χ1v) is 12.4. The predicted octanol–water partition coefficient (Wildman–Crippen LogP) is 2.35. The summed E-state index contributed by atoms with van der Waals surface area (Å²) < 4.78 is 31.5. The highest BCUT2D eigenvalue weighted by molar-refractivity contribution is 5.91. The molecule has 4 heterocycles. The molecule has 1 atom stereocenters. The molecule has 0 spiro atoms. The molecule has 2 N–H and O–H groups in total. The number of aromatic amines is 1. The van der Waals surface area contributed by atoms with Gasteiger partial charge in [0, 0.05) is 25.7 Å². The summed E-state index contributed by atoms with van der Waals surface area (Å²) in [4.78, 5) is 56.9. The number of piperazine rings is 1. The van der Waals surface area contributed by atoms with Crippen molar-refractivity contribution in [3.8, 4) is 22.7 Å². The van der Waals surface area contributed by atoms with Crippen LogP contribution in [0.4, 0.5) is 14.6 Å². The van der Waals surface area contributed by atoms with Crippen molar-refractivity contribution in [2.75, 3.05) is 24.5 Å². The van der Waals surface area contributed by atoms with Crippen LogP contribution < -0.4 is 16.1 Å². The average Bonchev–Trinajstić information content (AvgIpc) is 2.92. The molecule has 1 aliphatic heterocycles. The molecule has 11 nitrogen and oxygen atoms in total. The van der Waals surface area contributed by atoms with E-state index in [1.54, 1.807) is 9.80 Å². The van der Waals surface area contributed by atoms with Gasteiger partial charge >= 0.3 is 5.69 Å². The Labute approximate surface area is 226 Å². The maximum Gasteiger partial charge on any atom is 0.356 e. The van der Waals surface area contributed by atoms with E-state index in [0.717, 1.165) is 16.7 Å². The Balaban J connectivity index is 1.83. The molecule has 1 unspecified atom stereocenters. The Morgan fingerprint density at radius 3 is 2.60 bits per heavy atom. The second-order valence-corrected chi connectivity index (χ2v) is 9.53. The Morgan fingerprint density at radius 1 is 1.18 bits per heavy atom. The maximum atomic E-state index is 15.7. The van der Waals surface area contributed by atoms with Gasteiger partial charge in [0.2, 0.25) is 5.91 Å². The van der Waals surface area contributed by atoms with Crippen LogP contribution in [0.3, 0.4) is 0 Å². The minimum atomic E-state index is -0.981. The molecule has 0 radical (unpaired) electrons. The molecule has 1 aliphatic rings. The van der Waals surface area contributed by atoms with E-state index in [0.29, 0.717) is 6.54 Å². The van der Waals surface area contributed by atoms with E-state index in [-0.39, 0.29) is 58.8 Å². The molecule has 1 amide bonds. The van der Waals surface area contributed by atoms with Crippen LogP contribution in [-0.4, -0.2) is 66.1 Å². The number of nitrogens with zero attached hydrogens (tertiary/aromatic N) is 6. The fraction of sp³-hybridized carbons (Fsp3) is 0.259. The largest absolute Gasteiger partial charge is 0.507 e. The van der Waals surface area contributed by atoms with E-state index in [9.17, 15) is 23.9 Å². The molecule has 0 aliphatic carbocycles. The quantitative estimate of drug-likeness (QED) is 0.370. The number of phenolic OH excluding ortho intramolecular Hbond substituents is 1. The molecule has 40 heavy (non-hydrogen) atoms. The first-order chi connectivity index (χ1) is 19.0. The van der Waals surface area contributed by atoms with Crippen molar-refractivity contribution >= 4 is 22.8 Å². The van der Waals surface area contributed by atoms with Crippen molar-refractivity contribution in [3.63, 3.8) is 0 Å². The normalized spacial score (nSPS) is 15.5. The van der Waals surface area contributed by atoms with Crippen LogP contribution in [-0.2, 0) is 4.79 Å². The van der Waals surface area contributed by atoms with Gasteiger partial charge in [-0.15, -0.1) is 0 Å². The summed E-state index contributed by atoms with van der Waals surface area (Å²) in [5.74, 6) is -2.59. The van der Waals surface area contributed by atoms with Crippen LogP contribution in [0, 0.1) is 25.5 Å². The number of aromatic hydroxyl groups is 1. The number of phenols is 1. The van der Waals surface area contributed by atoms with E-state index in [4.69, 9.17) is 0 Å². The first-order valence-electron chi connectivity index (χ1n) is 12.4. The highest BCUT2D eigenvalue weighted by atomic mass is 19.1. The van der Waals surface area contributed by atoms with Gasteiger partial charge in [-0.2, -0.15) is 4.98 Å². The maximum absolute atomic E-state index is 15.7. The zero-order valence-electron chi connectivity index (χ0n) is 21.9. The fourth-order valence-electron chi connectivity index (χ4n) is 4.94. The molecule has 206 valence electrons. The van der Waals surface area contributed by atoms with Crippen molar-refractivity contribution < 1.29 is 18.7 Å². The number of carbonyl (C=O) groups excluding carboxylic acids is 1. The monoisotopic (exact) mass is 549 g/mol. The molecule has 3 aromatic heterocycles. The number of halogens is 2. The summed E-state index contributed by atoms with van der Waals surface area (Å²) in [5, 5.41) is 10.7. The SMILES string of the molecule is C=CC(=O)N1CCN(c2nc(=O)n(-c3c(C)nc[nH]c3=O)c3nc(-c4c(F)ccc(C)c4O)c(F)cc23)C(C)C1. The molecule has 5 rings (SSSR count). The number of aryl methyl sites for hydroxylation is 2. The topological polar surface area (TPSA) is 137 Å². The van der Waals surface area contributed by atoms with Gasteiger partial charge in [-0.05, 0) is 44.5 Å². The minimum Gasteiger partial charge on any atom is -0.507 e. The van der Waals surface area contributed by atoms with Gasteiger partial charge in [-0.1, -0.05) is 12.6 Å². The van der Waals surface area contributed by atoms with E-state index >= 15 is 4.39 Å². The van der Waals surface area contributed by atoms with Crippen LogP contribution in [0.1, 0.15) is 18.2 Å². The summed E-state index contributed by atoms with van der Waals surface area (Å²) >= 11 is 0. The van der Waals surface area contributed by atoms with Crippen molar-refractivity contribution in [1.29, 1.82) is 0 Å². The number of aromatic nitrogens is 5. The zero-order valence-corrected chi connectivity index (χ0v) is 21.9. The minimum absolute atomic E-state index is 0.0615. The van der Waals surface area contributed by atoms with Gasteiger partial charge in [0.15, 0.2) is 11.5 Å². The number of rotatable bonds is 4. The number of fused-ring (bicyclic) bond motifs is 1. The summed E-state index contributed by atoms with van der Waals surface area (Å²) in [6, 6.07) is 3.11. The number of pyridine rings is 1. The van der Waals surface area contributed by atoms with E-state index in [1.165, 1.54) is 32.3 Å². The van der Waals surface area contributed by atoms with Crippen LogP contribution in [0.2, 0.25) is 0 Å². The molecule has 4 aromatic rings. The smallest absolute Gasteiger partial charge is 0.356 e. The van der Waals surface area contributed by atoms with Gasteiger partial charge < -0.3 is 19.9 Å². The van der Waals surface area contributed by atoms with Crippen molar-refractivity contribution in [3.05, 3.63) is 80.9 Å². The zero-order chi connectivity index (χ0) is 28.9. The van der Waals surface area contributed by atoms with Crippen LogP contribution in [0.5, 0.6) is 5.75 Å². The predicted molar refractivity (Wildman–Crippen MR) is 144 cm³/mol. The van der Waals surface area contributed by atoms with Crippen LogP contribution >= 0.6 is 0 Å². The molecule has 0 bridgehead atoms. The summed E-state index contributed by atoms with van der Waals surface area (Å²) in [6.07, 6.45) is 2.38. The number of amides is 1. The molecule has 13 heteroatoms. The average molecular weight is 550 g/mol. The van der Waals surface area contributed by atoms with Crippen molar-refractivity contribution in [1.82, 2.24) is 29.4 Å². The van der Waals surface area contributed by atoms with Gasteiger partial charge in [0.05, 0.1) is 23.0 Å². The Morgan fingerprint density at radius 2 is 1.93 bits per heavy atom. The number of nitrogens with one attached hydrogen (secondary N) is 1. The molecule has 1 saturated heterocycles. The number of hydrogen-bond acceptors (Lipinski definition) is 8. The fourth-order valence-corrected chi connectivity index (χ4v) is 4.94. The van der Waals surface area contributed by atoms with Crippen molar-refractivity contribution in [2.45, 2.75) is 26.8 Å². The number of H-pyrrole nitrogens is 1. The standard InChI is InChI=1S/C27H25F2N7O4/c1-5-19(37)34-8-9-35(14(3)11-34)24-16-10-18(29)21(20-17(28)7-6-13(2)23(20)38)32-25(16)36(27(40)33-24)22-15(4)30-12-31-26(22)39/h5-7,10,12,14,38H,1,8-9,11H2,2-4H3,(H,30,31,39). The summed E-state index contributed by atoms with van der Waals surface area (Å²) in [5.41, 5.74) is -2.54. The molecule has 1 aromatic carbocycles. The lowest BCUT2D eigenvalue weighted by Crippen LogP contribution is -2.54. The van der Waals surface area contributed by atoms with E-state index in [2.05, 4.69) is 26.5 Å². The van der Waals surface area contributed by atoms with Crippen LogP contribution in [0.25, 0.3) is 28.0 Å². The first kappa shape index (κ1) is 26.7. The third-order valence-corrected chi connectivity index (χ3v) is 6.99. The second-order valence-electron chi connectivity index (χ2n) is 9.53. The Hall–Kier alpha value is -4.94. The lowest BCUT2D eigenvalue weighted by Gasteiger charge is -2.40. The highest BCUT2D eigenvalue weighted by Gasteiger charge is 2.31. The summed E-state index contributed by atoms with van der Waals surface area (Å²) in [6.45, 7) is 9.19. The van der Waals surface area contributed by atoms with E-state index < -0.39 is 39.9 Å². The van der Waals surface area contributed by atoms with Gasteiger partial charge in [-0.3, -0.25) is 9.59 Å². The lowest BCUT2D eigenvalue weighted by molar-refractivity contribution is -0.126. The Bertz CT molecular complexity index is 1820. The van der Waals surface area contributed by atoms with Gasteiger partial charge in [0.1, 0.15) is 28.8 Å². The number of anilines is 1. The third kappa shape index (κ3) is 4.28. The lowest BCUT2D eigenvalue weighted by atomic mass is 10.0. The molecule has 0 saturated carbocycles. The van der Waals surface area contributed by atoms with Crippen LogP contribution in [0.15, 0.2) is 46.8 Å². The third-order valence-electron chi connectivity index (χ3n) is 6.99. The number of hydrogen-bond donors (Lipinski definition) is 2. The second kappa shape index (κ2) is 9.98.